The molecule has 0 N–H and O–H groups in total. The summed E-state index contributed by atoms with van der Waals surface area (Å²) in [5.41, 5.74) is 0.0974. The minimum absolute atomic E-state index is 0.00442. The Kier molecular flexibility index (Phi) is 4.25. The van der Waals surface area contributed by atoms with Crippen molar-refractivity contribution in [2.45, 2.75) is 24.9 Å². The molecule has 0 saturated heterocycles. The van der Waals surface area contributed by atoms with Crippen LogP contribution in [-0.2, 0) is 6.18 Å². The predicted octanol–water partition coefficient (Wildman–Crippen LogP) is 6.01. The summed E-state index contributed by atoms with van der Waals surface area (Å²) in [6, 6.07) is 4.41. The lowest BCUT2D eigenvalue weighted by atomic mass is 10.0. The average Bonchev–Trinajstić information content (AvgIpc) is 2.66. The van der Waals surface area contributed by atoms with Gasteiger partial charge in [0, 0.05) is 15.3 Å². The van der Waals surface area contributed by atoms with E-state index in [2.05, 4.69) is 15.9 Å². The molecule has 0 aliphatic rings. The van der Waals surface area contributed by atoms with E-state index in [-0.39, 0.29) is 5.56 Å². The van der Waals surface area contributed by atoms with Crippen LogP contribution in [-0.4, -0.2) is 0 Å². The molecular formula is C14H11BrF4S. The molecule has 20 heavy (non-hydrogen) atoms. The molecule has 1 unspecified atom stereocenters. The van der Waals surface area contributed by atoms with Crippen molar-refractivity contribution in [1.82, 2.24) is 0 Å². The highest BCUT2D eigenvalue weighted by atomic mass is 79.9. The summed E-state index contributed by atoms with van der Waals surface area (Å²) in [7, 11) is 0. The van der Waals surface area contributed by atoms with E-state index in [4.69, 9.17) is 0 Å². The topological polar surface area (TPSA) is 0 Å². The van der Waals surface area contributed by atoms with Crippen molar-refractivity contribution in [1.29, 1.82) is 0 Å². The Morgan fingerprint density at radius 2 is 1.80 bits per heavy atom. The monoisotopic (exact) mass is 366 g/mol. The highest BCUT2D eigenvalue weighted by Crippen LogP contribution is 2.40. The second-order valence-corrected chi connectivity index (χ2v) is 6.70. The van der Waals surface area contributed by atoms with Crippen LogP contribution in [0.4, 0.5) is 17.6 Å². The van der Waals surface area contributed by atoms with Crippen molar-refractivity contribution in [2.75, 3.05) is 0 Å². The maximum absolute atomic E-state index is 13.8. The first-order valence-corrected chi connectivity index (χ1v) is 7.51. The standard InChI is InChI=1S/C14H11BrF4S/c1-7-5-8(2)20-13(7)12(15)10-6-9(14(17,18)19)3-4-11(10)16/h3-6,12H,1-2H3. The fraction of sp³-hybridized carbons (Fsp3) is 0.286. The average molecular weight is 367 g/mol. The van der Waals surface area contributed by atoms with Crippen molar-refractivity contribution >= 4 is 27.3 Å². The van der Waals surface area contributed by atoms with Gasteiger partial charge < -0.3 is 0 Å². The molecular weight excluding hydrogens is 356 g/mol. The molecule has 2 aromatic rings. The first kappa shape index (κ1) is 15.5. The quantitative estimate of drug-likeness (QED) is 0.451. The van der Waals surface area contributed by atoms with E-state index in [9.17, 15) is 17.6 Å². The number of hydrogen-bond donors (Lipinski definition) is 0. The molecule has 6 heteroatoms. The Balaban J connectivity index is 2.49. The number of alkyl halides is 4. The minimum Gasteiger partial charge on any atom is -0.207 e. The second-order valence-electron chi connectivity index (χ2n) is 4.50. The summed E-state index contributed by atoms with van der Waals surface area (Å²) in [6.45, 7) is 3.77. The Morgan fingerprint density at radius 3 is 2.30 bits per heavy atom. The van der Waals surface area contributed by atoms with E-state index in [1.54, 1.807) is 0 Å². The molecule has 0 radical (unpaired) electrons. The molecule has 0 nitrogen and oxygen atoms in total. The number of thiophene rings is 1. The molecule has 0 saturated carbocycles. The van der Waals surface area contributed by atoms with Crippen molar-refractivity contribution in [2.24, 2.45) is 0 Å². The smallest absolute Gasteiger partial charge is 0.207 e. The maximum atomic E-state index is 13.8. The molecule has 1 atom stereocenters. The molecule has 0 fully saturated rings. The summed E-state index contributed by atoms with van der Waals surface area (Å²) in [5, 5.41) is 0. The van der Waals surface area contributed by atoms with Crippen LogP contribution in [0.5, 0.6) is 0 Å². The molecule has 0 bridgehead atoms. The van der Waals surface area contributed by atoms with Gasteiger partial charge in [0.1, 0.15) is 5.82 Å². The lowest BCUT2D eigenvalue weighted by Gasteiger charge is -2.14. The fourth-order valence-electron chi connectivity index (χ4n) is 1.97. The first-order valence-electron chi connectivity index (χ1n) is 5.78. The summed E-state index contributed by atoms with van der Waals surface area (Å²) in [5.74, 6) is -0.648. The zero-order valence-electron chi connectivity index (χ0n) is 10.7. The second kappa shape index (κ2) is 5.48. The van der Waals surface area contributed by atoms with Gasteiger partial charge in [0.2, 0.25) is 0 Å². The largest absolute Gasteiger partial charge is 0.416 e. The van der Waals surface area contributed by atoms with E-state index in [0.29, 0.717) is 0 Å². The van der Waals surface area contributed by atoms with Gasteiger partial charge in [0.05, 0.1) is 10.4 Å². The zero-order valence-corrected chi connectivity index (χ0v) is 13.1. The molecule has 0 aliphatic carbocycles. The molecule has 2 rings (SSSR count). The molecule has 1 aromatic heterocycles. The van der Waals surface area contributed by atoms with Crippen LogP contribution in [0.1, 0.15) is 31.3 Å². The Labute approximate surface area is 126 Å². The van der Waals surface area contributed by atoms with Gasteiger partial charge in [0.25, 0.3) is 0 Å². The van der Waals surface area contributed by atoms with E-state index >= 15 is 0 Å². The number of benzene rings is 1. The lowest BCUT2D eigenvalue weighted by molar-refractivity contribution is -0.137. The van der Waals surface area contributed by atoms with E-state index in [0.717, 1.165) is 33.5 Å². The van der Waals surface area contributed by atoms with E-state index in [1.807, 2.05) is 19.9 Å². The third-order valence-electron chi connectivity index (χ3n) is 2.91. The van der Waals surface area contributed by atoms with Gasteiger partial charge in [0.15, 0.2) is 0 Å². The Morgan fingerprint density at radius 1 is 1.15 bits per heavy atom. The van der Waals surface area contributed by atoms with Gasteiger partial charge in [-0.25, -0.2) is 4.39 Å². The lowest BCUT2D eigenvalue weighted by Crippen LogP contribution is -2.07. The van der Waals surface area contributed by atoms with Crippen molar-refractivity contribution < 1.29 is 17.6 Å². The van der Waals surface area contributed by atoms with Crippen LogP contribution in [0.2, 0.25) is 0 Å². The van der Waals surface area contributed by atoms with Gasteiger partial charge in [-0.3, -0.25) is 0 Å². The third kappa shape index (κ3) is 3.06. The van der Waals surface area contributed by atoms with Crippen molar-refractivity contribution in [3.63, 3.8) is 0 Å². The summed E-state index contributed by atoms with van der Waals surface area (Å²) in [6.07, 6.45) is -4.48. The first-order chi connectivity index (χ1) is 9.20. The zero-order chi connectivity index (χ0) is 15.1. The highest BCUT2D eigenvalue weighted by Gasteiger charge is 2.32. The summed E-state index contributed by atoms with van der Waals surface area (Å²) in [4.78, 5) is 1.28. The van der Waals surface area contributed by atoms with Crippen LogP contribution in [0.25, 0.3) is 0 Å². The minimum atomic E-state index is -4.48. The van der Waals surface area contributed by atoms with Crippen LogP contribution < -0.4 is 0 Å². The number of halogens is 5. The molecule has 108 valence electrons. The number of hydrogen-bond acceptors (Lipinski definition) is 1. The fourth-order valence-corrected chi connectivity index (χ4v) is 3.99. The number of rotatable bonds is 2. The predicted molar refractivity (Wildman–Crippen MR) is 76.0 cm³/mol. The Hall–Kier alpha value is -0.880. The SMILES string of the molecule is Cc1cc(C)c(C(Br)c2cc(C(F)(F)F)ccc2F)s1. The van der Waals surface area contributed by atoms with Crippen LogP contribution in [0.15, 0.2) is 24.3 Å². The van der Waals surface area contributed by atoms with Crippen LogP contribution in [0.3, 0.4) is 0 Å². The molecule has 1 aromatic carbocycles. The molecule has 0 aliphatic heterocycles. The van der Waals surface area contributed by atoms with Gasteiger partial charge in [-0.15, -0.1) is 11.3 Å². The maximum Gasteiger partial charge on any atom is 0.416 e. The highest BCUT2D eigenvalue weighted by molar-refractivity contribution is 9.09. The van der Waals surface area contributed by atoms with Gasteiger partial charge in [-0.2, -0.15) is 13.2 Å². The molecule has 1 heterocycles. The van der Waals surface area contributed by atoms with Gasteiger partial charge >= 0.3 is 6.18 Å². The van der Waals surface area contributed by atoms with E-state index < -0.39 is 22.4 Å². The van der Waals surface area contributed by atoms with Crippen LogP contribution >= 0.6 is 27.3 Å². The molecule has 0 amide bonds. The van der Waals surface area contributed by atoms with Crippen molar-refractivity contribution in [3.8, 4) is 0 Å². The summed E-state index contributed by atoms with van der Waals surface area (Å²) >= 11 is 4.76. The normalized spacial score (nSPS) is 13.6. The van der Waals surface area contributed by atoms with Crippen molar-refractivity contribution in [3.05, 3.63) is 56.5 Å². The number of aryl methyl sites for hydroxylation is 2. The summed E-state index contributed by atoms with van der Waals surface area (Å²) < 4.78 is 52.0. The van der Waals surface area contributed by atoms with Crippen LogP contribution in [0, 0.1) is 19.7 Å². The van der Waals surface area contributed by atoms with E-state index in [1.165, 1.54) is 11.3 Å². The Bertz CT molecular complexity index is 631. The molecule has 0 spiro atoms. The third-order valence-corrected chi connectivity index (χ3v) is 5.38. The van der Waals surface area contributed by atoms with Gasteiger partial charge in [-0.05, 0) is 43.7 Å². The van der Waals surface area contributed by atoms with Gasteiger partial charge in [-0.1, -0.05) is 15.9 Å².